The maximum atomic E-state index is 5.56. The summed E-state index contributed by atoms with van der Waals surface area (Å²) in [4.78, 5) is 0. The van der Waals surface area contributed by atoms with Gasteiger partial charge in [0.2, 0.25) is 0 Å². The van der Waals surface area contributed by atoms with Gasteiger partial charge in [-0.15, -0.1) is 0 Å². The Morgan fingerprint density at radius 1 is 1.25 bits per heavy atom. The summed E-state index contributed by atoms with van der Waals surface area (Å²) in [6, 6.07) is 0. The van der Waals surface area contributed by atoms with Crippen LogP contribution in [0.4, 0.5) is 0 Å². The van der Waals surface area contributed by atoms with Crippen molar-refractivity contribution in [3.63, 3.8) is 0 Å². The molecule has 0 aliphatic carbocycles. The topological polar surface area (TPSA) is 18.5 Å². The lowest BCUT2D eigenvalue weighted by molar-refractivity contribution is -0.0996. The molecule has 0 aliphatic heterocycles. The average molecular weight is 174 g/mol. The molecule has 74 valence electrons. The number of ether oxygens (including phenoxy) is 2. The van der Waals surface area contributed by atoms with Crippen LogP contribution < -0.4 is 0 Å². The summed E-state index contributed by atoms with van der Waals surface area (Å²) in [5.74, 6) is 0.502. The first-order valence-corrected chi connectivity index (χ1v) is 4.67. The maximum Gasteiger partial charge on any atom is 0.0933 e. The van der Waals surface area contributed by atoms with Crippen LogP contribution in [0.1, 0.15) is 33.6 Å². The van der Waals surface area contributed by atoms with E-state index in [1.807, 2.05) is 0 Å². The van der Waals surface area contributed by atoms with Crippen molar-refractivity contribution >= 4 is 0 Å². The number of rotatable bonds is 6. The molecule has 0 aromatic rings. The predicted octanol–water partition coefficient (Wildman–Crippen LogP) is 2.47. The van der Waals surface area contributed by atoms with E-state index in [0.29, 0.717) is 12.5 Å². The van der Waals surface area contributed by atoms with Gasteiger partial charge in [-0.1, -0.05) is 27.2 Å². The third-order valence-electron chi connectivity index (χ3n) is 2.52. The van der Waals surface area contributed by atoms with Crippen molar-refractivity contribution in [3.05, 3.63) is 0 Å². The Hall–Kier alpha value is -0.0800. The van der Waals surface area contributed by atoms with Crippen LogP contribution in [-0.4, -0.2) is 26.4 Å². The van der Waals surface area contributed by atoms with Gasteiger partial charge < -0.3 is 9.47 Å². The molecule has 2 nitrogen and oxygen atoms in total. The lowest BCUT2D eigenvalue weighted by Gasteiger charge is -2.35. The third kappa shape index (κ3) is 2.76. The molecular weight excluding hydrogens is 152 g/mol. The molecule has 0 heterocycles. The molecule has 0 fully saturated rings. The zero-order valence-electron chi connectivity index (χ0n) is 9.02. The first-order valence-electron chi connectivity index (χ1n) is 4.67. The number of hydrogen-bond acceptors (Lipinski definition) is 2. The molecule has 0 saturated carbocycles. The van der Waals surface area contributed by atoms with E-state index >= 15 is 0 Å². The lowest BCUT2D eigenvalue weighted by atomic mass is 9.86. The Kier molecular flexibility index (Phi) is 5.51. The summed E-state index contributed by atoms with van der Waals surface area (Å²) >= 11 is 0. The van der Waals surface area contributed by atoms with E-state index in [1.165, 1.54) is 0 Å². The molecule has 0 rings (SSSR count). The van der Waals surface area contributed by atoms with Gasteiger partial charge in [-0.25, -0.2) is 0 Å². The monoisotopic (exact) mass is 174 g/mol. The van der Waals surface area contributed by atoms with E-state index in [0.717, 1.165) is 12.8 Å². The minimum atomic E-state index is -0.0799. The summed E-state index contributed by atoms with van der Waals surface area (Å²) in [7, 11) is 3.50. The van der Waals surface area contributed by atoms with Crippen LogP contribution in [0.25, 0.3) is 0 Å². The molecule has 0 bridgehead atoms. The van der Waals surface area contributed by atoms with Crippen molar-refractivity contribution in [3.8, 4) is 0 Å². The van der Waals surface area contributed by atoms with E-state index in [2.05, 4.69) is 20.8 Å². The summed E-state index contributed by atoms with van der Waals surface area (Å²) in [6.07, 6.45) is 2.20. The van der Waals surface area contributed by atoms with Crippen LogP contribution in [0.5, 0.6) is 0 Å². The molecule has 0 radical (unpaired) electrons. The smallest absolute Gasteiger partial charge is 0.0933 e. The van der Waals surface area contributed by atoms with E-state index in [1.54, 1.807) is 14.2 Å². The predicted molar refractivity (Wildman–Crippen MR) is 51.4 cm³/mol. The summed E-state index contributed by atoms with van der Waals surface area (Å²) in [5.41, 5.74) is -0.0799. The van der Waals surface area contributed by atoms with Gasteiger partial charge in [0.15, 0.2) is 0 Å². The average Bonchev–Trinajstić information content (AvgIpc) is 2.03. The molecule has 0 unspecified atom stereocenters. The van der Waals surface area contributed by atoms with Crippen molar-refractivity contribution in [1.82, 2.24) is 0 Å². The molecule has 0 spiro atoms. The normalized spacial score (nSPS) is 16.5. The second kappa shape index (κ2) is 5.55. The Morgan fingerprint density at radius 2 is 1.83 bits per heavy atom. The Bertz CT molecular complexity index is 104. The summed E-state index contributed by atoms with van der Waals surface area (Å²) < 4.78 is 10.7. The molecule has 0 N–H and O–H groups in total. The molecule has 0 aliphatic rings. The first-order chi connectivity index (χ1) is 5.63. The molecule has 0 saturated heterocycles. The number of methoxy groups -OCH3 is 2. The largest absolute Gasteiger partial charge is 0.382 e. The van der Waals surface area contributed by atoms with Crippen molar-refractivity contribution in [1.29, 1.82) is 0 Å². The highest BCUT2D eigenvalue weighted by atomic mass is 16.5. The van der Waals surface area contributed by atoms with Crippen LogP contribution >= 0.6 is 0 Å². The zero-order chi connectivity index (χ0) is 9.61. The Morgan fingerprint density at radius 3 is 2.08 bits per heavy atom. The standard InChI is InChI=1S/C10H22O2/c1-6-7-10(12-5,8-11-4)9(2)3/h9H,6-8H2,1-5H3/t10-/m1/s1. The molecule has 12 heavy (non-hydrogen) atoms. The lowest BCUT2D eigenvalue weighted by Crippen LogP contribution is -2.41. The van der Waals surface area contributed by atoms with Gasteiger partial charge in [-0.2, -0.15) is 0 Å². The fourth-order valence-electron chi connectivity index (χ4n) is 1.59. The van der Waals surface area contributed by atoms with Crippen molar-refractivity contribution < 1.29 is 9.47 Å². The summed E-state index contributed by atoms with van der Waals surface area (Å²) in [5, 5.41) is 0. The molecule has 0 aromatic carbocycles. The SMILES string of the molecule is CCC[C@](COC)(OC)C(C)C. The van der Waals surface area contributed by atoms with Crippen LogP contribution in [0.3, 0.4) is 0 Å². The van der Waals surface area contributed by atoms with Gasteiger partial charge in [0, 0.05) is 14.2 Å². The molecule has 0 aromatic heterocycles. The third-order valence-corrected chi connectivity index (χ3v) is 2.52. The van der Waals surface area contributed by atoms with Crippen molar-refractivity contribution in [2.24, 2.45) is 5.92 Å². The minimum absolute atomic E-state index is 0.0799. The van der Waals surface area contributed by atoms with E-state index in [4.69, 9.17) is 9.47 Å². The van der Waals surface area contributed by atoms with Crippen LogP contribution in [0, 0.1) is 5.92 Å². The second-order valence-corrected chi connectivity index (χ2v) is 3.61. The van der Waals surface area contributed by atoms with Crippen LogP contribution in [0.2, 0.25) is 0 Å². The van der Waals surface area contributed by atoms with Gasteiger partial charge in [-0.05, 0) is 12.3 Å². The highest BCUT2D eigenvalue weighted by Crippen LogP contribution is 2.26. The molecule has 1 atom stereocenters. The van der Waals surface area contributed by atoms with Gasteiger partial charge in [0.05, 0.1) is 12.2 Å². The first kappa shape index (κ1) is 11.9. The van der Waals surface area contributed by atoms with Crippen LogP contribution in [0.15, 0.2) is 0 Å². The van der Waals surface area contributed by atoms with E-state index in [-0.39, 0.29) is 5.60 Å². The maximum absolute atomic E-state index is 5.56. The van der Waals surface area contributed by atoms with Gasteiger partial charge in [-0.3, -0.25) is 0 Å². The Balaban J connectivity index is 4.28. The zero-order valence-corrected chi connectivity index (χ0v) is 9.02. The highest BCUT2D eigenvalue weighted by molar-refractivity contribution is 4.83. The fraction of sp³-hybridized carbons (Fsp3) is 1.00. The quantitative estimate of drug-likeness (QED) is 0.616. The van der Waals surface area contributed by atoms with E-state index in [9.17, 15) is 0 Å². The van der Waals surface area contributed by atoms with E-state index < -0.39 is 0 Å². The molecule has 0 amide bonds. The molecular formula is C10H22O2. The van der Waals surface area contributed by atoms with Gasteiger partial charge in [0.25, 0.3) is 0 Å². The molecule has 2 heteroatoms. The van der Waals surface area contributed by atoms with Crippen molar-refractivity contribution in [2.45, 2.75) is 39.2 Å². The highest BCUT2D eigenvalue weighted by Gasteiger charge is 2.32. The fourth-order valence-corrected chi connectivity index (χ4v) is 1.59. The second-order valence-electron chi connectivity index (χ2n) is 3.61. The van der Waals surface area contributed by atoms with Crippen molar-refractivity contribution in [2.75, 3.05) is 20.8 Å². The van der Waals surface area contributed by atoms with Gasteiger partial charge in [0.1, 0.15) is 0 Å². The van der Waals surface area contributed by atoms with Gasteiger partial charge >= 0.3 is 0 Å². The van der Waals surface area contributed by atoms with Crippen LogP contribution in [-0.2, 0) is 9.47 Å². The summed E-state index contributed by atoms with van der Waals surface area (Å²) in [6.45, 7) is 7.22. The minimum Gasteiger partial charge on any atom is -0.382 e. The Labute approximate surface area is 76.3 Å². The number of hydrogen-bond donors (Lipinski definition) is 0.